The van der Waals surface area contributed by atoms with Gasteiger partial charge in [0.05, 0.1) is 19.6 Å². The third kappa shape index (κ3) is 6.30. The summed E-state index contributed by atoms with van der Waals surface area (Å²) in [5.74, 6) is 0.142. The first kappa shape index (κ1) is 18.5. The molecule has 25 heavy (non-hydrogen) atoms. The summed E-state index contributed by atoms with van der Waals surface area (Å²) in [6.07, 6.45) is 0.158. The van der Waals surface area contributed by atoms with E-state index in [1.807, 2.05) is 61.5 Å². The van der Waals surface area contributed by atoms with Crippen LogP contribution in [0.15, 0.2) is 54.6 Å². The molecule has 132 valence electrons. The second kappa shape index (κ2) is 9.47. The second-order valence-electron chi connectivity index (χ2n) is 5.71. The van der Waals surface area contributed by atoms with Gasteiger partial charge in [-0.15, -0.1) is 0 Å². The molecular weight excluding hydrogens is 318 g/mol. The summed E-state index contributed by atoms with van der Waals surface area (Å²) in [6.45, 7) is 2.08. The van der Waals surface area contributed by atoms with Crippen LogP contribution >= 0.6 is 0 Å². The first-order valence-corrected chi connectivity index (χ1v) is 8.21. The van der Waals surface area contributed by atoms with Gasteiger partial charge in [-0.1, -0.05) is 42.5 Å². The highest BCUT2D eigenvalue weighted by Gasteiger charge is 2.12. The number of carbonyl (C=O) groups is 2. The molecule has 0 aliphatic rings. The summed E-state index contributed by atoms with van der Waals surface area (Å²) in [6, 6.07) is 16.9. The van der Waals surface area contributed by atoms with Crippen molar-refractivity contribution in [1.82, 2.24) is 5.32 Å². The van der Waals surface area contributed by atoms with Gasteiger partial charge in [0.1, 0.15) is 12.4 Å². The lowest BCUT2D eigenvalue weighted by molar-refractivity contribution is -0.146. The maximum Gasteiger partial charge on any atom is 0.306 e. The molecule has 0 aliphatic heterocycles. The molecular formula is C20H23NO4. The van der Waals surface area contributed by atoms with Crippen molar-refractivity contribution >= 4 is 11.9 Å². The number of methoxy groups -OCH3 is 1. The Kier molecular flexibility index (Phi) is 7.01. The smallest absolute Gasteiger partial charge is 0.306 e. The Morgan fingerprint density at radius 2 is 1.80 bits per heavy atom. The van der Waals surface area contributed by atoms with Crippen molar-refractivity contribution in [3.63, 3.8) is 0 Å². The molecule has 0 spiro atoms. The minimum absolute atomic E-state index is 0.0529. The average molecular weight is 341 g/mol. The summed E-state index contributed by atoms with van der Waals surface area (Å²) >= 11 is 0. The SMILES string of the molecule is COc1cccc(COC(=O)CCC(=O)NC(C)c2ccccc2)c1. The maximum absolute atomic E-state index is 12.0. The highest BCUT2D eigenvalue weighted by Crippen LogP contribution is 2.14. The Balaban J connectivity index is 1.71. The van der Waals surface area contributed by atoms with Crippen LogP contribution in [0.25, 0.3) is 0 Å². The third-order valence-corrected chi connectivity index (χ3v) is 3.77. The molecule has 2 rings (SSSR count). The molecule has 1 N–H and O–H groups in total. The molecule has 0 heterocycles. The van der Waals surface area contributed by atoms with Gasteiger partial charge in [0, 0.05) is 6.42 Å². The monoisotopic (exact) mass is 341 g/mol. The van der Waals surface area contributed by atoms with Gasteiger partial charge in [-0.05, 0) is 30.2 Å². The molecule has 0 aliphatic carbocycles. The number of ether oxygens (including phenoxy) is 2. The van der Waals surface area contributed by atoms with Crippen molar-refractivity contribution in [2.45, 2.75) is 32.4 Å². The highest BCUT2D eigenvalue weighted by molar-refractivity contribution is 5.81. The van der Waals surface area contributed by atoms with E-state index < -0.39 is 5.97 Å². The molecule has 0 fully saturated rings. The minimum Gasteiger partial charge on any atom is -0.497 e. The summed E-state index contributed by atoms with van der Waals surface area (Å²) in [5, 5.41) is 2.88. The zero-order chi connectivity index (χ0) is 18.1. The Hall–Kier alpha value is -2.82. The molecule has 1 atom stereocenters. The fourth-order valence-electron chi connectivity index (χ4n) is 2.35. The van der Waals surface area contributed by atoms with Crippen molar-refractivity contribution in [3.05, 3.63) is 65.7 Å². The van der Waals surface area contributed by atoms with E-state index in [2.05, 4.69) is 5.32 Å². The van der Waals surface area contributed by atoms with Crippen LogP contribution in [0.4, 0.5) is 0 Å². The summed E-state index contributed by atoms with van der Waals surface area (Å²) < 4.78 is 10.3. The van der Waals surface area contributed by atoms with E-state index in [1.54, 1.807) is 7.11 Å². The van der Waals surface area contributed by atoms with E-state index in [4.69, 9.17) is 9.47 Å². The number of rotatable bonds is 8. The average Bonchev–Trinajstić information content (AvgIpc) is 2.65. The van der Waals surface area contributed by atoms with Crippen LogP contribution < -0.4 is 10.1 Å². The van der Waals surface area contributed by atoms with Crippen molar-refractivity contribution in [3.8, 4) is 5.75 Å². The van der Waals surface area contributed by atoms with Crippen molar-refractivity contribution < 1.29 is 19.1 Å². The molecule has 0 aromatic heterocycles. The van der Waals surface area contributed by atoms with Gasteiger partial charge in [-0.25, -0.2) is 0 Å². The molecule has 2 aromatic rings. The third-order valence-electron chi connectivity index (χ3n) is 3.77. The van der Waals surface area contributed by atoms with Gasteiger partial charge in [-0.2, -0.15) is 0 Å². The Morgan fingerprint density at radius 1 is 1.04 bits per heavy atom. The van der Waals surface area contributed by atoms with Crippen molar-refractivity contribution in [1.29, 1.82) is 0 Å². The molecule has 1 amide bonds. The van der Waals surface area contributed by atoms with Crippen LogP contribution in [0.2, 0.25) is 0 Å². The van der Waals surface area contributed by atoms with Gasteiger partial charge in [0.15, 0.2) is 0 Å². The van der Waals surface area contributed by atoms with E-state index in [0.29, 0.717) is 5.75 Å². The molecule has 5 heteroatoms. The van der Waals surface area contributed by atoms with E-state index in [0.717, 1.165) is 11.1 Å². The first-order chi connectivity index (χ1) is 12.1. The molecule has 0 saturated carbocycles. The summed E-state index contributed by atoms with van der Waals surface area (Å²) in [7, 11) is 1.58. The van der Waals surface area contributed by atoms with Crippen LogP contribution in [0.1, 0.15) is 36.9 Å². The number of esters is 1. The van der Waals surface area contributed by atoms with Gasteiger partial charge in [0.25, 0.3) is 0 Å². The highest BCUT2D eigenvalue weighted by atomic mass is 16.5. The number of amides is 1. The number of carbonyl (C=O) groups excluding carboxylic acids is 2. The maximum atomic E-state index is 12.0. The fraction of sp³-hybridized carbons (Fsp3) is 0.300. The van der Waals surface area contributed by atoms with Crippen molar-refractivity contribution in [2.75, 3.05) is 7.11 Å². The van der Waals surface area contributed by atoms with Crippen LogP contribution in [0.3, 0.4) is 0 Å². The molecule has 5 nitrogen and oxygen atoms in total. The topological polar surface area (TPSA) is 64.6 Å². The normalized spacial score (nSPS) is 11.4. The number of benzene rings is 2. The quantitative estimate of drug-likeness (QED) is 0.748. The van der Waals surface area contributed by atoms with Crippen molar-refractivity contribution in [2.24, 2.45) is 0 Å². The van der Waals surface area contributed by atoms with E-state index in [1.165, 1.54) is 0 Å². The van der Waals surface area contributed by atoms with E-state index in [-0.39, 0.29) is 31.4 Å². The number of hydrogen-bond donors (Lipinski definition) is 1. The molecule has 0 bridgehead atoms. The Bertz CT molecular complexity index is 700. The van der Waals surface area contributed by atoms with Crippen LogP contribution in [0, 0.1) is 0 Å². The predicted molar refractivity (Wildman–Crippen MR) is 95.0 cm³/mol. The standard InChI is InChI=1S/C20H23NO4/c1-15(17-8-4-3-5-9-17)21-19(22)11-12-20(23)25-14-16-7-6-10-18(13-16)24-2/h3-10,13,15H,11-12,14H2,1-2H3,(H,21,22). The minimum atomic E-state index is -0.398. The zero-order valence-electron chi connectivity index (χ0n) is 14.5. The van der Waals surface area contributed by atoms with Gasteiger partial charge < -0.3 is 14.8 Å². The lowest BCUT2D eigenvalue weighted by atomic mass is 10.1. The lowest BCUT2D eigenvalue weighted by Gasteiger charge is -2.14. The molecule has 0 radical (unpaired) electrons. The van der Waals surface area contributed by atoms with E-state index in [9.17, 15) is 9.59 Å². The van der Waals surface area contributed by atoms with Gasteiger partial charge in [-0.3, -0.25) is 9.59 Å². The predicted octanol–water partition coefficient (Wildman–Crippen LogP) is 3.40. The fourth-order valence-corrected chi connectivity index (χ4v) is 2.35. The second-order valence-corrected chi connectivity index (χ2v) is 5.71. The van der Waals surface area contributed by atoms with E-state index >= 15 is 0 Å². The van der Waals surface area contributed by atoms with Crippen LogP contribution in [0.5, 0.6) is 5.75 Å². The zero-order valence-corrected chi connectivity index (χ0v) is 14.5. The van der Waals surface area contributed by atoms with Crippen LogP contribution in [-0.2, 0) is 20.9 Å². The van der Waals surface area contributed by atoms with Gasteiger partial charge in [0.2, 0.25) is 5.91 Å². The molecule has 2 aromatic carbocycles. The molecule has 0 saturated heterocycles. The van der Waals surface area contributed by atoms with Gasteiger partial charge >= 0.3 is 5.97 Å². The summed E-state index contributed by atoms with van der Waals surface area (Å²) in [4.78, 5) is 23.8. The Labute approximate surface area is 148 Å². The number of nitrogens with one attached hydrogen (secondary N) is 1. The van der Waals surface area contributed by atoms with Crippen LogP contribution in [-0.4, -0.2) is 19.0 Å². The Morgan fingerprint density at radius 3 is 2.52 bits per heavy atom. The lowest BCUT2D eigenvalue weighted by Crippen LogP contribution is -2.27. The first-order valence-electron chi connectivity index (χ1n) is 8.21. The number of hydrogen-bond acceptors (Lipinski definition) is 4. The molecule has 1 unspecified atom stereocenters. The largest absolute Gasteiger partial charge is 0.497 e. The summed E-state index contributed by atoms with van der Waals surface area (Å²) in [5.41, 5.74) is 1.87.